The Balaban J connectivity index is 2.35. The van der Waals surface area contributed by atoms with Crippen molar-refractivity contribution < 1.29 is 0 Å². The van der Waals surface area contributed by atoms with Crippen LogP contribution in [0.5, 0.6) is 0 Å². The summed E-state index contributed by atoms with van der Waals surface area (Å²) >= 11 is 0. The maximum atomic E-state index is 5.71. The molecular formula is C13H19N7. The number of benzene rings is 1. The van der Waals surface area contributed by atoms with Crippen LogP contribution < -0.4 is 20.9 Å². The van der Waals surface area contributed by atoms with Crippen LogP contribution in [0.1, 0.15) is 0 Å². The van der Waals surface area contributed by atoms with Crippen LogP contribution in [0.2, 0.25) is 0 Å². The Morgan fingerprint density at radius 1 is 0.950 bits per heavy atom. The van der Waals surface area contributed by atoms with Crippen LogP contribution in [0, 0.1) is 0 Å². The third-order valence-corrected chi connectivity index (χ3v) is 2.67. The van der Waals surface area contributed by atoms with Crippen molar-refractivity contribution in [2.45, 2.75) is 0 Å². The van der Waals surface area contributed by atoms with Crippen molar-refractivity contribution >= 4 is 29.2 Å². The molecule has 1 heterocycles. The van der Waals surface area contributed by atoms with E-state index in [2.05, 4.69) is 20.3 Å². The van der Waals surface area contributed by atoms with E-state index in [9.17, 15) is 0 Å². The smallest absolute Gasteiger partial charge is 0.233 e. The monoisotopic (exact) mass is 273 g/mol. The van der Waals surface area contributed by atoms with E-state index in [1.54, 1.807) is 4.90 Å². The number of rotatable bonds is 4. The van der Waals surface area contributed by atoms with E-state index in [1.807, 2.05) is 57.4 Å². The first-order valence-corrected chi connectivity index (χ1v) is 6.19. The summed E-state index contributed by atoms with van der Waals surface area (Å²) in [7, 11) is 7.67. The molecule has 0 saturated carbocycles. The molecule has 0 fully saturated rings. The summed E-state index contributed by atoms with van der Waals surface area (Å²) in [6.07, 6.45) is 0. The van der Waals surface area contributed by atoms with Crippen molar-refractivity contribution in [2.75, 3.05) is 49.0 Å². The van der Waals surface area contributed by atoms with E-state index in [4.69, 9.17) is 5.73 Å². The van der Waals surface area contributed by atoms with Crippen molar-refractivity contribution in [1.29, 1.82) is 0 Å². The minimum Gasteiger partial charge on any atom is -0.376 e. The molecule has 3 N–H and O–H groups in total. The fourth-order valence-electron chi connectivity index (χ4n) is 1.73. The minimum absolute atomic E-state index is 0.188. The Bertz CT molecular complexity index is 595. The zero-order valence-corrected chi connectivity index (χ0v) is 12.1. The first-order chi connectivity index (χ1) is 9.47. The second-order valence-electron chi connectivity index (χ2n) is 4.75. The summed E-state index contributed by atoms with van der Waals surface area (Å²) in [5.41, 5.74) is 7.66. The van der Waals surface area contributed by atoms with E-state index >= 15 is 0 Å². The van der Waals surface area contributed by atoms with E-state index in [0.29, 0.717) is 11.9 Å². The van der Waals surface area contributed by atoms with Crippen molar-refractivity contribution in [3.05, 3.63) is 24.3 Å². The Labute approximate surface area is 118 Å². The van der Waals surface area contributed by atoms with Gasteiger partial charge in [-0.05, 0) is 12.1 Å². The molecule has 0 unspecified atom stereocenters. The molecule has 0 aliphatic carbocycles. The van der Waals surface area contributed by atoms with E-state index in [0.717, 1.165) is 11.4 Å². The highest BCUT2D eigenvalue weighted by atomic mass is 15.3. The Kier molecular flexibility index (Phi) is 3.88. The van der Waals surface area contributed by atoms with Gasteiger partial charge in [-0.2, -0.15) is 15.0 Å². The highest BCUT2D eigenvalue weighted by molar-refractivity contribution is 5.73. The molecule has 0 aliphatic rings. The van der Waals surface area contributed by atoms with Gasteiger partial charge in [0.05, 0.1) is 11.4 Å². The lowest BCUT2D eigenvalue weighted by Crippen LogP contribution is -2.16. The molecule has 0 bridgehead atoms. The van der Waals surface area contributed by atoms with Crippen LogP contribution >= 0.6 is 0 Å². The van der Waals surface area contributed by atoms with E-state index in [1.165, 1.54) is 0 Å². The number of para-hydroxylation sites is 2. The van der Waals surface area contributed by atoms with Gasteiger partial charge in [0.15, 0.2) is 0 Å². The number of hydrogen-bond donors (Lipinski definition) is 2. The lowest BCUT2D eigenvalue weighted by Gasteiger charge is -2.18. The normalized spacial score (nSPS) is 10.2. The van der Waals surface area contributed by atoms with Gasteiger partial charge in [0.2, 0.25) is 17.8 Å². The van der Waals surface area contributed by atoms with Gasteiger partial charge in [-0.1, -0.05) is 12.1 Å². The van der Waals surface area contributed by atoms with Gasteiger partial charge in [-0.3, -0.25) is 0 Å². The fourth-order valence-corrected chi connectivity index (χ4v) is 1.73. The van der Waals surface area contributed by atoms with Crippen LogP contribution in [0.15, 0.2) is 24.3 Å². The average Bonchev–Trinajstić information content (AvgIpc) is 2.38. The first kappa shape index (κ1) is 13.9. The summed E-state index contributed by atoms with van der Waals surface area (Å²) in [5, 5.41) is 3.18. The molecule has 0 spiro atoms. The third kappa shape index (κ3) is 3.05. The zero-order valence-electron chi connectivity index (χ0n) is 12.1. The number of nitrogens with one attached hydrogen (secondary N) is 1. The molecule has 0 saturated heterocycles. The molecule has 1 aromatic carbocycles. The number of nitrogen functional groups attached to an aromatic ring is 1. The Morgan fingerprint density at radius 2 is 1.65 bits per heavy atom. The molecule has 0 atom stereocenters. The van der Waals surface area contributed by atoms with Crippen LogP contribution in [-0.4, -0.2) is 43.1 Å². The second-order valence-corrected chi connectivity index (χ2v) is 4.75. The summed E-state index contributed by atoms with van der Waals surface area (Å²) < 4.78 is 0. The van der Waals surface area contributed by atoms with Crippen LogP contribution in [0.4, 0.5) is 29.2 Å². The Morgan fingerprint density at radius 3 is 2.30 bits per heavy atom. The van der Waals surface area contributed by atoms with Crippen molar-refractivity contribution in [3.63, 3.8) is 0 Å². The lowest BCUT2D eigenvalue weighted by molar-refractivity contribution is 0.969. The van der Waals surface area contributed by atoms with Gasteiger partial charge in [0.25, 0.3) is 0 Å². The van der Waals surface area contributed by atoms with Gasteiger partial charge in [-0.15, -0.1) is 0 Å². The third-order valence-electron chi connectivity index (χ3n) is 2.67. The molecule has 7 heteroatoms. The van der Waals surface area contributed by atoms with Gasteiger partial charge in [0, 0.05) is 28.2 Å². The standard InChI is InChI=1S/C13H19N7/c1-19(2)10-8-6-5-7-9(10)15-12-16-11(14)17-13(18-12)20(3)4/h5-8H,1-4H3,(H3,14,15,16,17,18). The maximum Gasteiger partial charge on any atom is 0.233 e. The predicted molar refractivity (Wildman–Crippen MR) is 82.6 cm³/mol. The zero-order chi connectivity index (χ0) is 14.7. The molecule has 0 radical (unpaired) electrons. The number of nitrogens with zero attached hydrogens (tertiary/aromatic N) is 5. The van der Waals surface area contributed by atoms with E-state index < -0.39 is 0 Å². The number of aromatic nitrogens is 3. The molecule has 1 aromatic heterocycles. The maximum absolute atomic E-state index is 5.71. The fraction of sp³-hybridized carbons (Fsp3) is 0.308. The second kappa shape index (κ2) is 5.60. The van der Waals surface area contributed by atoms with Crippen LogP contribution in [0.25, 0.3) is 0 Å². The molecule has 0 amide bonds. The molecule has 2 aromatic rings. The molecule has 106 valence electrons. The van der Waals surface area contributed by atoms with Crippen LogP contribution in [0.3, 0.4) is 0 Å². The minimum atomic E-state index is 0.188. The van der Waals surface area contributed by atoms with Gasteiger partial charge in [-0.25, -0.2) is 0 Å². The molecule has 2 rings (SSSR count). The molecular weight excluding hydrogens is 254 g/mol. The number of nitrogens with two attached hydrogens (primary N) is 1. The molecule has 0 aliphatic heterocycles. The predicted octanol–water partition coefficient (Wildman–Crippen LogP) is 1.33. The highest BCUT2D eigenvalue weighted by Gasteiger charge is 2.09. The average molecular weight is 273 g/mol. The van der Waals surface area contributed by atoms with Crippen molar-refractivity contribution in [2.24, 2.45) is 0 Å². The van der Waals surface area contributed by atoms with Crippen LogP contribution in [-0.2, 0) is 0 Å². The topological polar surface area (TPSA) is 83.2 Å². The number of hydrogen-bond acceptors (Lipinski definition) is 7. The molecule has 20 heavy (non-hydrogen) atoms. The molecule has 7 nitrogen and oxygen atoms in total. The summed E-state index contributed by atoms with van der Waals surface area (Å²) in [4.78, 5) is 16.3. The first-order valence-electron chi connectivity index (χ1n) is 6.19. The van der Waals surface area contributed by atoms with Gasteiger partial charge >= 0.3 is 0 Å². The van der Waals surface area contributed by atoms with Crippen molar-refractivity contribution in [1.82, 2.24) is 15.0 Å². The van der Waals surface area contributed by atoms with E-state index in [-0.39, 0.29) is 5.95 Å². The van der Waals surface area contributed by atoms with Gasteiger partial charge in [0.1, 0.15) is 0 Å². The van der Waals surface area contributed by atoms with Crippen molar-refractivity contribution in [3.8, 4) is 0 Å². The number of anilines is 5. The summed E-state index contributed by atoms with van der Waals surface area (Å²) in [5.74, 6) is 1.13. The highest BCUT2D eigenvalue weighted by Crippen LogP contribution is 2.26. The SMILES string of the molecule is CN(C)c1nc(N)nc(Nc2ccccc2N(C)C)n1. The van der Waals surface area contributed by atoms with Gasteiger partial charge < -0.3 is 20.9 Å². The quantitative estimate of drug-likeness (QED) is 0.869. The summed E-state index contributed by atoms with van der Waals surface area (Å²) in [6, 6.07) is 7.91. The lowest BCUT2D eigenvalue weighted by atomic mass is 10.2. The largest absolute Gasteiger partial charge is 0.376 e. The summed E-state index contributed by atoms with van der Waals surface area (Å²) in [6.45, 7) is 0. The Hall–Kier alpha value is -2.57.